The number of benzene rings is 2. The van der Waals surface area contributed by atoms with Gasteiger partial charge in [0.2, 0.25) is 0 Å². The Morgan fingerprint density at radius 3 is 2.65 bits per heavy atom. The minimum Gasteiger partial charge on any atom is -0.455 e. The Balaban J connectivity index is 1.33. The predicted molar refractivity (Wildman–Crippen MR) is 112 cm³/mol. The van der Waals surface area contributed by atoms with Crippen LogP contribution in [0.25, 0.3) is 22.7 Å². The smallest absolute Gasteiger partial charge is 0.316 e. The topological polar surface area (TPSA) is 91.3 Å². The second kappa shape index (κ2) is 9.57. The maximum absolute atomic E-state index is 12.9. The minimum atomic E-state index is -0.405. The van der Waals surface area contributed by atoms with E-state index in [1.54, 1.807) is 19.1 Å². The van der Waals surface area contributed by atoms with Gasteiger partial charge in [0.05, 0.1) is 5.75 Å². The number of esters is 1. The minimum absolute atomic E-state index is 0.131. The van der Waals surface area contributed by atoms with Crippen molar-refractivity contribution in [3.63, 3.8) is 0 Å². The van der Waals surface area contributed by atoms with E-state index in [9.17, 15) is 9.18 Å². The van der Waals surface area contributed by atoms with Gasteiger partial charge in [-0.05, 0) is 24.6 Å². The Morgan fingerprint density at radius 2 is 1.87 bits per heavy atom. The SMILES string of the molecule is Cc1onc(-c2ccccc2)c1-c1nnc(COC(=O)CSCc2ccc(F)cc2)o1. The van der Waals surface area contributed by atoms with Crippen LogP contribution in [0.3, 0.4) is 0 Å². The Kier molecular flexibility index (Phi) is 6.42. The highest BCUT2D eigenvalue weighted by atomic mass is 32.2. The summed E-state index contributed by atoms with van der Waals surface area (Å²) >= 11 is 1.38. The molecule has 0 saturated carbocycles. The summed E-state index contributed by atoms with van der Waals surface area (Å²) in [5.41, 5.74) is 2.99. The van der Waals surface area contributed by atoms with Crippen molar-refractivity contribution < 1.29 is 22.9 Å². The number of rotatable bonds is 8. The highest BCUT2D eigenvalue weighted by Crippen LogP contribution is 2.33. The van der Waals surface area contributed by atoms with Crippen LogP contribution in [0.1, 0.15) is 17.2 Å². The highest BCUT2D eigenvalue weighted by Gasteiger charge is 2.22. The zero-order valence-corrected chi connectivity index (χ0v) is 17.4. The summed E-state index contributed by atoms with van der Waals surface area (Å²) in [4.78, 5) is 12.0. The molecule has 0 unspecified atom stereocenters. The van der Waals surface area contributed by atoms with Gasteiger partial charge in [-0.25, -0.2) is 4.39 Å². The highest BCUT2D eigenvalue weighted by molar-refractivity contribution is 7.99. The van der Waals surface area contributed by atoms with E-state index in [-0.39, 0.29) is 30.0 Å². The van der Waals surface area contributed by atoms with Gasteiger partial charge in [0.15, 0.2) is 6.61 Å². The van der Waals surface area contributed by atoms with Crippen LogP contribution < -0.4 is 0 Å². The average molecular weight is 439 g/mol. The third-order valence-electron chi connectivity index (χ3n) is 4.35. The van der Waals surface area contributed by atoms with E-state index in [0.717, 1.165) is 11.1 Å². The summed E-state index contributed by atoms with van der Waals surface area (Å²) in [5, 5.41) is 12.1. The van der Waals surface area contributed by atoms with Gasteiger partial charge in [-0.1, -0.05) is 47.6 Å². The van der Waals surface area contributed by atoms with Crippen LogP contribution in [-0.2, 0) is 21.9 Å². The van der Waals surface area contributed by atoms with Crippen molar-refractivity contribution in [1.82, 2.24) is 15.4 Å². The quantitative estimate of drug-likeness (QED) is 0.361. The Bertz CT molecular complexity index is 1160. The first-order chi connectivity index (χ1) is 15.1. The van der Waals surface area contributed by atoms with E-state index in [4.69, 9.17) is 13.7 Å². The normalized spacial score (nSPS) is 10.9. The number of carbonyl (C=O) groups excluding carboxylic acids is 1. The summed E-state index contributed by atoms with van der Waals surface area (Å²) in [5.74, 6) is 1.00. The van der Waals surface area contributed by atoms with E-state index >= 15 is 0 Å². The molecule has 0 aliphatic carbocycles. The number of thioether (sulfide) groups is 1. The molecule has 0 spiro atoms. The van der Waals surface area contributed by atoms with Crippen LogP contribution >= 0.6 is 11.8 Å². The molecule has 0 bridgehead atoms. The van der Waals surface area contributed by atoms with Gasteiger partial charge in [-0.15, -0.1) is 22.0 Å². The first kappa shape index (κ1) is 20.8. The molecule has 158 valence electrons. The first-order valence-electron chi connectivity index (χ1n) is 9.42. The van der Waals surface area contributed by atoms with Gasteiger partial charge in [0.25, 0.3) is 11.8 Å². The maximum atomic E-state index is 12.9. The summed E-state index contributed by atoms with van der Waals surface area (Å²) in [6.45, 7) is 1.63. The lowest BCUT2D eigenvalue weighted by Crippen LogP contribution is -2.07. The van der Waals surface area contributed by atoms with Crippen LogP contribution in [0.5, 0.6) is 0 Å². The number of hydrogen-bond donors (Lipinski definition) is 0. The molecule has 7 nitrogen and oxygen atoms in total. The standard InChI is InChI=1S/C22H18FN3O4S/c1-14-20(21(26-30-14)16-5-3-2-4-6-16)22-25-24-18(29-22)11-28-19(27)13-31-12-15-7-9-17(23)10-8-15/h2-10H,11-13H2,1H3. The van der Waals surface area contributed by atoms with Crippen LogP contribution in [0.2, 0.25) is 0 Å². The van der Waals surface area contributed by atoms with Crippen molar-refractivity contribution in [2.75, 3.05) is 5.75 Å². The Hall–Kier alpha value is -3.46. The number of carbonyl (C=O) groups is 1. The number of nitrogens with zero attached hydrogens (tertiary/aromatic N) is 3. The van der Waals surface area contributed by atoms with E-state index in [1.807, 2.05) is 30.3 Å². The summed E-state index contributed by atoms with van der Waals surface area (Å²) in [7, 11) is 0. The second-order valence-electron chi connectivity index (χ2n) is 6.61. The van der Waals surface area contributed by atoms with Crippen LogP contribution in [0, 0.1) is 12.7 Å². The van der Waals surface area contributed by atoms with Crippen LogP contribution in [0.15, 0.2) is 63.5 Å². The van der Waals surface area contributed by atoms with E-state index in [1.165, 1.54) is 23.9 Å². The maximum Gasteiger partial charge on any atom is 0.316 e. The lowest BCUT2D eigenvalue weighted by molar-refractivity contribution is -0.142. The van der Waals surface area contributed by atoms with Crippen molar-refractivity contribution in [1.29, 1.82) is 0 Å². The summed E-state index contributed by atoms with van der Waals surface area (Å²) < 4.78 is 29.1. The number of ether oxygens (including phenoxy) is 1. The molecular formula is C22H18FN3O4S. The molecule has 0 aliphatic rings. The molecule has 4 aromatic rings. The molecule has 0 N–H and O–H groups in total. The van der Waals surface area contributed by atoms with Crippen LogP contribution in [-0.4, -0.2) is 27.1 Å². The third-order valence-corrected chi connectivity index (χ3v) is 5.33. The first-order valence-corrected chi connectivity index (χ1v) is 10.6. The van der Waals surface area contributed by atoms with Gasteiger partial charge in [-0.3, -0.25) is 4.79 Å². The zero-order chi connectivity index (χ0) is 21.6. The molecule has 0 fully saturated rings. The number of hydrogen-bond acceptors (Lipinski definition) is 8. The molecule has 2 aromatic carbocycles. The van der Waals surface area contributed by atoms with E-state index < -0.39 is 5.97 Å². The molecule has 2 heterocycles. The Labute approximate surface area is 181 Å². The van der Waals surface area contributed by atoms with Crippen LogP contribution in [0.4, 0.5) is 4.39 Å². The van der Waals surface area contributed by atoms with E-state index in [0.29, 0.717) is 22.8 Å². The zero-order valence-electron chi connectivity index (χ0n) is 16.6. The molecule has 9 heteroatoms. The number of aryl methyl sites for hydroxylation is 1. The van der Waals surface area contributed by atoms with Gasteiger partial charge < -0.3 is 13.7 Å². The molecule has 2 aromatic heterocycles. The summed E-state index contributed by atoms with van der Waals surface area (Å²) in [6, 6.07) is 15.7. The molecule has 4 rings (SSSR count). The van der Waals surface area contributed by atoms with Gasteiger partial charge >= 0.3 is 5.97 Å². The fraction of sp³-hybridized carbons (Fsp3) is 0.182. The fourth-order valence-corrected chi connectivity index (χ4v) is 3.63. The lowest BCUT2D eigenvalue weighted by atomic mass is 10.1. The lowest BCUT2D eigenvalue weighted by Gasteiger charge is -2.03. The molecule has 0 atom stereocenters. The van der Waals surface area contributed by atoms with Crippen molar-refractivity contribution in [2.24, 2.45) is 0 Å². The molecule has 0 amide bonds. The van der Waals surface area contributed by atoms with E-state index in [2.05, 4.69) is 15.4 Å². The van der Waals surface area contributed by atoms with Gasteiger partial charge in [0.1, 0.15) is 22.8 Å². The summed E-state index contributed by atoms with van der Waals surface area (Å²) in [6.07, 6.45) is 0. The number of aromatic nitrogens is 3. The largest absolute Gasteiger partial charge is 0.455 e. The Morgan fingerprint density at radius 1 is 1.10 bits per heavy atom. The van der Waals surface area contributed by atoms with Crippen molar-refractivity contribution in [2.45, 2.75) is 19.3 Å². The van der Waals surface area contributed by atoms with Crippen molar-refractivity contribution in [3.8, 4) is 22.7 Å². The molecule has 0 saturated heterocycles. The molecular weight excluding hydrogens is 421 g/mol. The van der Waals surface area contributed by atoms with Crippen molar-refractivity contribution >= 4 is 17.7 Å². The third kappa shape index (κ3) is 5.18. The van der Waals surface area contributed by atoms with Crippen molar-refractivity contribution in [3.05, 3.63) is 77.6 Å². The second-order valence-corrected chi connectivity index (χ2v) is 7.59. The predicted octanol–water partition coefficient (Wildman–Crippen LogP) is 4.82. The monoisotopic (exact) mass is 439 g/mol. The number of halogens is 1. The molecule has 0 aliphatic heterocycles. The fourth-order valence-electron chi connectivity index (χ4n) is 2.85. The average Bonchev–Trinajstić information content (AvgIpc) is 3.40. The molecule has 31 heavy (non-hydrogen) atoms. The van der Waals surface area contributed by atoms with Gasteiger partial charge in [0, 0.05) is 11.3 Å². The molecule has 0 radical (unpaired) electrons. The van der Waals surface area contributed by atoms with Gasteiger partial charge in [-0.2, -0.15) is 0 Å².